The number of carbonyl (C=O) groups is 1. The van der Waals surface area contributed by atoms with Gasteiger partial charge in [-0.1, -0.05) is 0 Å². The number of nitrogens with zero attached hydrogens (tertiary/aromatic N) is 2. The lowest BCUT2D eigenvalue weighted by atomic mass is 10.1. The van der Waals surface area contributed by atoms with Crippen molar-refractivity contribution in [2.45, 2.75) is 12.6 Å². The Bertz CT molecular complexity index is 350. The Morgan fingerprint density at radius 1 is 1.62 bits per heavy atom. The number of likely N-dealkylation sites (N-methyl/N-ethyl adjacent to an activating group) is 1. The maximum absolute atomic E-state index is 11.8. The molecular weight excluding hydrogens is 206 g/mol. The molecule has 0 bridgehead atoms. The van der Waals surface area contributed by atoms with Gasteiger partial charge in [-0.15, -0.1) is 0 Å². The Morgan fingerprint density at radius 3 is 3.06 bits per heavy atom. The molecule has 2 heterocycles. The van der Waals surface area contributed by atoms with Crippen LogP contribution < -0.4 is 5.73 Å². The van der Waals surface area contributed by atoms with E-state index in [9.17, 15) is 4.79 Å². The minimum atomic E-state index is 0.128. The molecule has 0 aromatic carbocycles. The summed E-state index contributed by atoms with van der Waals surface area (Å²) < 4.78 is 5.24. The third-order valence-electron chi connectivity index (χ3n) is 2.99. The van der Waals surface area contributed by atoms with Gasteiger partial charge in [0.15, 0.2) is 0 Å². The van der Waals surface area contributed by atoms with E-state index in [1.165, 1.54) is 0 Å². The number of furan rings is 1. The summed E-state index contributed by atoms with van der Waals surface area (Å²) in [5, 5.41) is 0. The fourth-order valence-electron chi connectivity index (χ4n) is 1.94. The molecule has 2 N–H and O–H groups in total. The number of amides is 1. The highest BCUT2D eigenvalue weighted by Gasteiger charge is 2.29. The molecule has 0 saturated carbocycles. The lowest BCUT2D eigenvalue weighted by Crippen LogP contribution is -2.56. The van der Waals surface area contributed by atoms with Crippen molar-refractivity contribution >= 4 is 5.91 Å². The van der Waals surface area contributed by atoms with Gasteiger partial charge in [-0.25, -0.2) is 0 Å². The van der Waals surface area contributed by atoms with E-state index in [1.54, 1.807) is 11.2 Å². The van der Waals surface area contributed by atoms with Gasteiger partial charge < -0.3 is 15.1 Å². The second-order valence-corrected chi connectivity index (χ2v) is 4.16. The first kappa shape index (κ1) is 11.2. The first-order chi connectivity index (χ1) is 7.70. The van der Waals surface area contributed by atoms with Gasteiger partial charge in [0.05, 0.1) is 19.4 Å². The largest absolute Gasteiger partial charge is 0.467 e. The quantitative estimate of drug-likeness (QED) is 0.776. The SMILES string of the molecule is CN1CC(=O)N(Cc2ccco2)CC1CN. The van der Waals surface area contributed by atoms with Gasteiger partial charge in [-0.3, -0.25) is 9.69 Å². The Labute approximate surface area is 94.8 Å². The molecule has 1 aromatic heterocycles. The van der Waals surface area contributed by atoms with Crippen molar-refractivity contribution in [3.05, 3.63) is 24.2 Å². The minimum absolute atomic E-state index is 0.128. The van der Waals surface area contributed by atoms with Crippen molar-refractivity contribution in [3.8, 4) is 0 Å². The van der Waals surface area contributed by atoms with Gasteiger partial charge in [0.25, 0.3) is 0 Å². The molecule has 1 unspecified atom stereocenters. The van der Waals surface area contributed by atoms with Crippen molar-refractivity contribution in [1.29, 1.82) is 0 Å². The molecule has 1 aliphatic heterocycles. The van der Waals surface area contributed by atoms with E-state index in [0.717, 1.165) is 5.76 Å². The molecule has 88 valence electrons. The van der Waals surface area contributed by atoms with Crippen LogP contribution in [0.5, 0.6) is 0 Å². The van der Waals surface area contributed by atoms with Gasteiger partial charge in [-0.2, -0.15) is 0 Å². The van der Waals surface area contributed by atoms with Gasteiger partial charge in [0, 0.05) is 19.1 Å². The molecular formula is C11H17N3O2. The average molecular weight is 223 g/mol. The summed E-state index contributed by atoms with van der Waals surface area (Å²) in [5.74, 6) is 0.942. The average Bonchev–Trinajstić information content (AvgIpc) is 2.75. The molecule has 0 radical (unpaired) electrons. The van der Waals surface area contributed by atoms with E-state index in [2.05, 4.69) is 0 Å². The lowest BCUT2D eigenvalue weighted by Gasteiger charge is -2.38. The van der Waals surface area contributed by atoms with Crippen LogP contribution in [0.15, 0.2) is 22.8 Å². The number of piperazine rings is 1. The monoisotopic (exact) mass is 223 g/mol. The summed E-state index contributed by atoms with van der Waals surface area (Å²) >= 11 is 0. The number of rotatable bonds is 3. The third-order valence-corrected chi connectivity index (χ3v) is 2.99. The van der Waals surface area contributed by atoms with E-state index in [-0.39, 0.29) is 11.9 Å². The van der Waals surface area contributed by atoms with Crippen LogP contribution in [-0.4, -0.2) is 48.4 Å². The maximum atomic E-state index is 11.8. The molecule has 1 saturated heterocycles. The van der Waals surface area contributed by atoms with Crippen LogP contribution in [0, 0.1) is 0 Å². The fourth-order valence-corrected chi connectivity index (χ4v) is 1.94. The third kappa shape index (κ3) is 2.25. The molecule has 0 spiro atoms. The van der Waals surface area contributed by atoms with Gasteiger partial charge >= 0.3 is 0 Å². The molecule has 2 rings (SSSR count). The van der Waals surface area contributed by atoms with Crippen LogP contribution in [0.2, 0.25) is 0 Å². The minimum Gasteiger partial charge on any atom is -0.467 e. The number of hydrogen-bond acceptors (Lipinski definition) is 4. The smallest absolute Gasteiger partial charge is 0.237 e. The highest BCUT2D eigenvalue weighted by Crippen LogP contribution is 2.12. The number of hydrogen-bond donors (Lipinski definition) is 1. The summed E-state index contributed by atoms with van der Waals surface area (Å²) in [6.45, 7) is 2.21. The highest BCUT2D eigenvalue weighted by molar-refractivity contribution is 5.79. The van der Waals surface area contributed by atoms with E-state index in [4.69, 9.17) is 10.2 Å². The normalized spacial score (nSPS) is 22.8. The highest BCUT2D eigenvalue weighted by atomic mass is 16.3. The molecule has 1 fully saturated rings. The van der Waals surface area contributed by atoms with Crippen LogP contribution in [0.25, 0.3) is 0 Å². The molecule has 1 amide bonds. The van der Waals surface area contributed by atoms with Crippen molar-refractivity contribution in [3.63, 3.8) is 0 Å². The fraction of sp³-hybridized carbons (Fsp3) is 0.545. The van der Waals surface area contributed by atoms with Crippen molar-refractivity contribution in [2.24, 2.45) is 5.73 Å². The zero-order valence-corrected chi connectivity index (χ0v) is 9.43. The van der Waals surface area contributed by atoms with Crippen LogP contribution in [0.1, 0.15) is 5.76 Å². The van der Waals surface area contributed by atoms with Gasteiger partial charge in [-0.05, 0) is 19.2 Å². The first-order valence-electron chi connectivity index (χ1n) is 5.41. The summed E-state index contributed by atoms with van der Waals surface area (Å²) in [5.41, 5.74) is 5.67. The van der Waals surface area contributed by atoms with E-state index >= 15 is 0 Å². The topological polar surface area (TPSA) is 62.7 Å². The van der Waals surface area contributed by atoms with Crippen LogP contribution in [-0.2, 0) is 11.3 Å². The molecule has 1 aliphatic rings. The Morgan fingerprint density at radius 2 is 2.44 bits per heavy atom. The second kappa shape index (κ2) is 4.67. The summed E-state index contributed by atoms with van der Waals surface area (Å²) in [4.78, 5) is 15.6. The molecule has 5 nitrogen and oxygen atoms in total. The van der Waals surface area contributed by atoms with E-state index in [1.807, 2.05) is 24.1 Å². The van der Waals surface area contributed by atoms with Crippen LogP contribution in [0.4, 0.5) is 0 Å². The Balaban J connectivity index is 2.01. The standard InChI is InChI=1S/C11H17N3O2/c1-13-8-11(15)14(6-9(13)5-12)7-10-3-2-4-16-10/h2-4,9H,5-8,12H2,1H3. The number of carbonyl (C=O) groups excluding carboxylic acids is 1. The molecule has 16 heavy (non-hydrogen) atoms. The Kier molecular flexibility index (Phi) is 3.26. The Hall–Kier alpha value is -1.33. The summed E-state index contributed by atoms with van der Waals surface area (Å²) in [6, 6.07) is 3.95. The van der Waals surface area contributed by atoms with E-state index < -0.39 is 0 Å². The maximum Gasteiger partial charge on any atom is 0.237 e. The van der Waals surface area contributed by atoms with Crippen molar-refractivity contribution in [2.75, 3.05) is 26.7 Å². The predicted octanol–water partition coefficient (Wildman–Crippen LogP) is -0.119. The summed E-state index contributed by atoms with van der Waals surface area (Å²) in [7, 11) is 1.93. The zero-order valence-electron chi connectivity index (χ0n) is 9.43. The zero-order chi connectivity index (χ0) is 11.5. The summed E-state index contributed by atoms with van der Waals surface area (Å²) in [6.07, 6.45) is 1.62. The van der Waals surface area contributed by atoms with Crippen LogP contribution in [0.3, 0.4) is 0 Å². The second-order valence-electron chi connectivity index (χ2n) is 4.16. The molecule has 0 aliphatic carbocycles. The van der Waals surface area contributed by atoms with Crippen molar-refractivity contribution in [1.82, 2.24) is 9.80 Å². The molecule has 5 heteroatoms. The van der Waals surface area contributed by atoms with Gasteiger partial charge in [0.2, 0.25) is 5.91 Å². The molecule has 1 aromatic rings. The van der Waals surface area contributed by atoms with Gasteiger partial charge in [0.1, 0.15) is 5.76 Å². The van der Waals surface area contributed by atoms with E-state index in [0.29, 0.717) is 26.2 Å². The lowest BCUT2D eigenvalue weighted by molar-refractivity contribution is -0.138. The first-order valence-corrected chi connectivity index (χ1v) is 5.41. The van der Waals surface area contributed by atoms with Crippen molar-refractivity contribution < 1.29 is 9.21 Å². The van der Waals surface area contributed by atoms with Crippen LogP contribution >= 0.6 is 0 Å². The number of nitrogens with two attached hydrogens (primary N) is 1. The predicted molar refractivity (Wildman–Crippen MR) is 59.6 cm³/mol. The molecule has 1 atom stereocenters.